The Hall–Kier alpha value is -3.90. The van der Waals surface area contributed by atoms with E-state index in [0.717, 1.165) is 10.8 Å². The van der Waals surface area contributed by atoms with Crippen molar-refractivity contribution in [2.45, 2.75) is 0 Å². The summed E-state index contributed by atoms with van der Waals surface area (Å²) >= 11 is -0.493. The Morgan fingerprint density at radius 2 is 1.29 bits per heavy atom. The molecule has 6 aromatic carbocycles. The molecule has 0 fully saturated rings. The molecule has 41 heavy (non-hydrogen) atoms. The van der Waals surface area contributed by atoms with Crippen LogP contribution in [0.15, 0.2) is 132 Å². The van der Waals surface area contributed by atoms with Gasteiger partial charge in [-0.2, -0.15) is 0 Å². The molecular weight excluding hydrogens is 681 g/mol. The van der Waals surface area contributed by atoms with Gasteiger partial charge in [-0.1, -0.05) is 0 Å². The third-order valence-corrected chi connectivity index (χ3v) is 14.0. The minimum atomic E-state index is -0.639. The number of fused-ring (bicyclic) bond motifs is 8. The maximum atomic E-state index is 13.4. The third-order valence-electron chi connectivity index (χ3n) is 8.19. The van der Waals surface area contributed by atoms with E-state index in [-0.39, 0.29) is 19.9 Å². The number of rotatable bonds is 2. The van der Waals surface area contributed by atoms with Crippen LogP contribution < -0.4 is 5.43 Å². The number of hydrogen-bond acceptors (Lipinski definition) is 1. The average molecular weight is 702 g/mol. The Morgan fingerprint density at radius 1 is 0.537 bits per heavy atom. The number of para-hydroxylation sites is 2. The van der Waals surface area contributed by atoms with Crippen LogP contribution in [0.2, 0.25) is 0 Å². The monoisotopic (exact) mass is 705 g/mol. The van der Waals surface area contributed by atoms with E-state index in [2.05, 4.69) is 114 Å². The summed E-state index contributed by atoms with van der Waals surface area (Å²) in [5, 5.41) is 7.07. The van der Waals surface area contributed by atoms with Gasteiger partial charge in [0.05, 0.1) is 0 Å². The second-order valence-corrected chi connectivity index (χ2v) is 15.8. The quantitative estimate of drug-likeness (QED) is 0.131. The first-order valence-corrected chi connectivity index (χ1v) is 17.7. The van der Waals surface area contributed by atoms with Gasteiger partial charge < -0.3 is 0 Å². The maximum absolute atomic E-state index is 13.4. The fraction of sp³-hybridized carbons (Fsp3) is 0. The van der Waals surface area contributed by atoms with Gasteiger partial charge in [0.1, 0.15) is 0 Å². The SMILES string of the molecule is O=c1c2ccccc2[se]c2cc3c(cc12)[te]c1c(-c2ccc4c(c2)c2ccccc2n4-c2ccccc2)cccc13. The van der Waals surface area contributed by atoms with Crippen molar-refractivity contribution in [3.05, 3.63) is 138 Å². The molecule has 0 saturated heterocycles. The molecule has 192 valence electrons. The number of hydrogen-bond donors (Lipinski definition) is 0. The summed E-state index contributed by atoms with van der Waals surface area (Å²) in [7, 11) is 0. The molecule has 0 saturated carbocycles. The van der Waals surface area contributed by atoms with Crippen LogP contribution in [-0.2, 0) is 0 Å². The van der Waals surface area contributed by atoms with Crippen molar-refractivity contribution in [2.24, 2.45) is 0 Å². The number of aromatic nitrogens is 1. The van der Waals surface area contributed by atoms with Crippen LogP contribution in [0.25, 0.3) is 75.5 Å². The molecule has 0 aliphatic rings. The molecule has 0 atom stereocenters. The topological polar surface area (TPSA) is 22.0 Å². The predicted octanol–water partition coefficient (Wildman–Crippen LogP) is 8.54. The van der Waals surface area contributed by atoms with Crippen molar-refractivity contribution >= 4 is 93.6 Å². The van der Waals surface area contributed by atoms with Gasteiger partial charge >= 0.3 is 253 Å². The molecule has 0 aliphatic carbocycles. The summed E-state index contributed by atoms with van der Waals surface area (Å²) in [4.78, 5) is 13.4. The first kappa shape index (κ1) is 23.8. The molecule has 3 heterocycles. The molecule has 0 N–H and O–H groups in total. The molecule has 4 heteroatoms. The van der Waals surface area contributed by atoms with Gasteiger partial charge in [-0.25, -0.2) is 0 Å². The first-order valence-electron chi connectivity index (χ1n) is 13.6. The zero-order valence-electron chi connectivity index (χ0n) is 21.8. The molecule has 0 radical (unpaired) electrons. The minimum absolute atomic E-state index is 0.147. The Bertz CT molecular complexity index is 2550. The van der Waals surface area contributed by atoms with Gasteiger partial charge in [-0.3, -0.25) is 0 Å². The van der Waals surface area contributed by atoms with E-state index in [1.807, 2.05) is 18.2 Å². The van der Waals surface area contributed by atoms with Crippen LogP contribution in [0.4, 0.5) is 0 Å². The van der Waals surface area contributed by atoms with Gasteiger partial charge in [0.25, 0.3) is 0 Å². The molecule has 0 amide bonds. The fourth-order valence-electron chi connectivity index (χ4n) is 6.32. The summed E-state index contributed by atoms with van der Waals surface area (Å²) < 4.78 is 7.67. The van der Waals surface area contributed by atoms with Gasteiger partial charge in [0, 0.05) is 0 Å². The molecule has 9 aromatic rings. The number of nitrogens with zero attached hydrogens (tertiary/aromatic N) is 1. The van der Waals surface area contributed by atoms with Crippen LogP contribution in [0, 0.1) is 0 Å². The van der Waals surface area contributed by atoms with Crippen LogP contribution in [0.3, 0.4) is 0 Å². The third kappa shape index (κ3) is 3.53. The molecule has 0 unspecified atom stereocenters. The summed E-state index contributed by atoms with van der Waals surface area (Å²) in [6.45, 7) is 0. The fourth-order valence-corrected chi connectivity index (χ4v) is 12.2. The second-order valence-electron chi connectivity index (χ2n) is 10.5. The van der Waals surface area contributed by atoms with Gasteiger partial charge in [-0.15, -0.1) is 0 Å². The Balaban J connectivity index is 1.30. The molecule has 0 aliphatic heterocycles. The Morgan fingerprint density at radius 3 is 2.20 bits per heavy atom. The molecule has 0 spiro atoms. The van der Waals surface area contributed by atoms with Crippen molar-refractivity contribution in [3.63, 3.8) is 0 Å². The van der Waals surface area contributed by atoms with E-state index < -0.39 is 20.4 Å². The van der Waals surface area contributed by atoms with E-state index >= 15 is 0 Å². The zero-order chi connectivity index (χ0) is 27.1. The van der Waals surface area contributed by atoms with Gasteiger partial charge in [-0.05, 0) is 0 Å². The summed E-state index contributed by atoms with van der Waals surface area (Å²) in [5.41, 5.74) is 6.41. The molecule has 0 bridgehead atoms. The predicted molar refractivity (Wildman–Crippen MR) is 176 cm³/mol. The van der Waals surface area contributed by atoms with E-state index in [4.69, 9.17) is 0 Å². The molecule has 2 nitrogen and oxygen atoms in total. The normalized spacial score (nSPS) is 12.0. The summed E-state index contributed by atoms with van der Waals surface area (Å²) in [6.07, 6.45) is 0. The second kappa shape index (κ2) is 9.05. The van der Waals surface area contributed by atoms with Gasteiger partial charge in [0.2, 0.25) is 0 Å². The molecule has 3 aromatic heterocycles. The van der Waals surface area contributed by atoms with Crippen molar-refractivity contribution in [3.8, 4) is 16.8 Å². The molecule has 9 rings (SSSR count). The van der Waals surface area contributed by atoms with Crippen LogP contribution >= 0.6 is 0 Å². The standard InChI is InChI=1S/C37H21NOSeTe/c39-36-27-12-5-7-16-33(27)40-34-20-29-26-14-8-13-24(37(26)41-35(29)21-30(34)36)22-17-18-32-28(19-22)25-11-4-6-15-31(25)38(32)23-9-2-1-3-10-23/h1-21H. The van der Waals surface area contributed by atoms with Crippen LogP contribution in [-0.4, -0.2) is 39.5 Å². The summed E-state index contributed by atoms with van der Waals surface area (Å²) in [6, 6.07) is 45.8. The van der Waals surface area contributed by atoms with Crippen LogP contribution in [0.5, 0.6) is 0 Å². The van der Waals surface area contributed by atoms with Crippen molar-refractivity contribution < 1.29 is 0 Å². The summed E-state index contributed by atoms with van der Waals surface area (Å²) in [5.74, 6) is 0. The Labute approximate surface area is 251 Å². The van der Waals surface area contributed by atoms with Crippen molar-refractivity contribution in [1.82, 2.24) is 4.57 Å². The first-order chi connectivity index (χ1) is 20.2. The van der Waals surface area contributed by atoms with Crippen molar-refractivity contribution in [1.29, 1.82) is 0 Å². The molecular formula is C37H21NOSeTe. The van der Waals surface area contributed by atoms with E-state index in [1.165, 1.54) is 64.7 Å². The number of benzene rings is 6. The van der Waals surface area contributed by atoms with E-state index in [0.29, 0.717) is 0 Å². The Kier molecular flexibility index (Phi) is 5.25. The average Bonchev–Trinajstić information content (AvgIpc) is 3.56. The van der Waals surface area contributed by atoms with Crippen molar-refractivity contribution in [2.75, 3.05) is 0 Å². The van der Waals surface area contributed by atoms with E-state index in [9.17, 15) is 4.79 Å². The van der Waals surface area contributed by atoms with E-state index in [1.54, 1.807) is 0 Å². The van der Waals surface area contributed by atoms with Crippen LogP contribution in [0.1, 0.15) is 0 Å². The zero-order valence-corrected chi connectivity index (χ0v) is 25.8. The van der Waals surface area contributed by atoms with Gasteiger partial charge in [0.15, 0.2) is 0 Å².